The van der Waals surface area contributed by atoms with E-state index in [0.717, 1.165) is 31.5 Å². The van der Waals surface area contributed by atoms with Gasteiger partial charge in [0, 0.05) is 7.11 Å². The second-order valence-electron chi connectivity index (χ2n) is 4.75. The summed E-state index contributed by atoms with van der Waals surface area (Å²) in [6.07, 6.45) is 8.12. The summed E-state index contributed by atoms with van der Waals surface area (Å²) in [6.45, 7) is 0. The van der Waals surface area contributed by atoms with Crippen molar-refractivity contribution in [3.63, 3.8) is 0 Å². The Morgan fingerprint density at radius 1 is 1.28 bits per heavy atom. The van der Waals surface area contributed by atoms with Crippen LogP contribution in [0.4, 0.5) is 0 Å². The molecule has 0 aliphatic heterocycles. The first-order valence-corrected chi connectivity index (χ1v) is 6.41. The SMILES string of the molecule is COC(=O)c1cnc(C2(OC)CCCCCC2)[nH]1. The number of nitrogens with zero attached hydrogens (tertiary/aromatic N) is 1. The van der Waals surface area contributed by atoms with Gasteiger partial charge in [-0.1, -0.05) is 25.7 Å². The van der Waals surface area contributed by atoms with Gasteiger partial charge in [-0.15, -0.1) is 0 Å². The number of aromatic amines is 1. The molecule has 0 radical (unpaired) electrons. The first kappa shape index (κ1) is 13.1. The van der Waals surface area contributed by atoms with E-state index in [1.54, 1.807) is 7.11 Å². The van der Waals surface area contributed by atoms with Crippen LogP contribution in [0.15, 0.2) is 6.20 Å². The van der Waals surface area contributed by atoms with E-state index in [9.17, 15) is 4.79 Å². The Morgan fingerprint density at radius 2 is 1.94 bits per heavy atom. The van der Waals surface area contributed by atoms with Gasteiger partial charge in [0.2, 0.25) is 0 Å². The fourth-order valence-electron chi connectivity index (χ4n) is 2.60. The number of carbonyl (C=O) groups is 1. The Bertz CT molecular complexity index is 406. The van der Waals surface area contributed by atoms with Crippen molar-refractivity contribution in [1.82, 2.24) is 9.97 Å². The highest BCUT2D eigenvalue weighted by molar-refractivity contribution is 5.86. The van der Waals surface area contributed by atoms with Crippen molar-refractivity contribution < 1.29 is 14.3 Å². The highest BCUT2D eigenvalue weighted by Gasteiger charge is 2.36. The van der Waals surface area contributed by atoms with Crippen LogP contribution in [0.5, 0.6) is 0 Å². The van der Waals surface area contributed by atoms with E-state index in [4.69, 9.17) is 4.74 Å². The van der Waals surface area contributed by atoms with Crippen molar-refractivity contribution in [3.05, 3.63) is 17.7 Å². The highest BCUT2D eigenvalue weighted by Crippen LogP contribution is 2.37. The molecule has 2 rings (SSSR count). The van der Waals surface area contributed by atoms with Crippen LogP contribution in [0.3, 0.4) is 0 Å². The van der Waals surface area contributed by atoms with Gasteiger partial charge in [-0.25, -0.2) is 9.78 Å². The minimum Gasteiger partial charge on any atom is -0.464 e. The quantitative estimate of drug-likeness (QED) is 0.662. The molecule has 5 nitrogen and oxygen atoms in total. The van der Waals surface area contributed by atoms with Gasteiger partial charge in [0.15, 0.2) is 0 Å². The Balaban J connectivity index is 2.26. The van der Waals surface area contributed by atoms with E-state index in [1.165, 1.54) is 26.1 Å². The molecule has 1 aliphatic carbocycles. The largest absolute Gasteiger partial charge is 0.464 e. The molecule has 0 atom stereocenters. The zero-order valence-electron chi connectivity index (χ0n) is 11.0. The summed E-state index contributed by atoms with van der Waals surface area (Å²) in [5.74, 6) is 0.348. The molecule has 1 saturated carbocycles. The number of methoxy groups -OCH3 is 2. The molecule has 100 valence electrons. The second-order valence-corrected chi connectivity index (χ2v) is 4.75. The maximum Gasteiger partial charge on any atom is 0.356 e. The maximum absolute atomic E-state index is 11.4. The van der Waals surface area contributed by atoms with E-state index in [0.29, 0.717) is 5.69 Å². The Morgan fingerprint density at radius 3 is 2.50 bits per heavy atom. The summed E-state index contributed by atoms with van der Waals surface area (Å²) < 4.78 is 10.4. The van der Waals surface area contributed by atoms with Gasteiger partial charge in [-0.05, 0) is 12.8 Å². The third kappa shape index (κ3) is 2.41. The molecule has 5 heteroatoms. The first-order valence-electron chi connectivity index (χ1n) is 6.41. The molecule has 1 aliphatic rings. The van der Waals surface area contributed by atoms with E-state index in [-0.39, 0.29) is 5.60 Å². The monoisotopic (exact) mass is 252 g/mol. The summed E-state index contributed by atoms with van der Waals surface area (Å²) >= 11 is 0. The lowest BCUT2D eigenvalue weighted by atomic mass is 9.93. The number of imidazole rings is 1. The minimum absolute atomic E-state index is 0.372. The van der Waals surface area contributed by atoms with E-state index >= 15 is 0 Å². The standard InChI is InChI=1S/C13H20N2O3/c1-17-11(16)10-9-14-12(15-10)13(18-2)7-5-3-4-6-8-13/h9H,3-8H2,1-2H3,(H,14,15). The molecule has 1 aromatic rings. The van der Waals surface area contributed by atoms with Crippen LogP contribution < -0.4 is 0 Å². The van der Waals surface area contributed by atoms with Crippen LogP contribution in [0, 0.1) is 0 Å². The van der Waals surface area contributed by atoms with E-state index in [1.807, 2.05) is 0 Å². The second kappa shape index (κ2) is 5.52. The van der Waals surface area contributed by atoms with Gasteiger partial charge in [0.05, 0.1) is 13.3 Å². The molecule has 0 spiro atoms. The van der Waals surface area contributed by atoms with Crippen molar-refractivity contribution in [2.75, 3.05) is 14.2 Å². The molecule has 1 aromatic heterocycles. The van der Waals surface area contributed by atoms with Crippen LogP contribution in [-0.4, -0.2) is 30.2 Å². The van der Waals surface area contributed by atoms with Crippen LogP contribution in [0.1, 0.15) is 54.8 Å². The number of esters is 1. The van der Waals surface area contributed by atoms with Gasteiger partial charge in [-0.2, -0.15) is 0 Å². The average Bonchev–Trinajstić information content (AvgIpc) is 2.78. The average molecular weight is 252 g/mol. The third-order valence-corrected chi connectivity index (χ3v) is 3.71. The zero-order chi connectivity index (χ0) is 13.0. The number of hydrogen-bond donors (Lipinski definition) is 1. The summed E-state index contributed by atoms with van der Waals surface area (Å²) in [4.78, 5) is 18.8. The fourth-order valence-corrected chi connectivity index (χ4v) is 2.60. The lowest BCUT2D eigenvalue weighted by Crippen LogP contribution is -2.29. The molecular formula is C13H20N2O3. The normalized spacial score (nSPS) is 19.2. The lowest BCUT2D eigenvalue weighted by Gasteiger charge is -2.29. The van der Waals surface area contributed by atoms with Crippen LogP contribution in [0.2, 0.25) is 0 Å². The molecule has 1 heterocycles. The van der Waals surface area contributed by atoms with E-state index in [2.05, 4.69) is 14.7 Å². The van der Waals surface area contributed by atoms with Crippen molar-refractivity contribution in [3.8, 4) is 0 Å². The number of nitrogens with one attached hydrogen (secondary N) is 1. The molecule has 0 amide bonds. The number of carbonyl (C=O) groups excluding carboxylic acids is 1. The highest BCUT2D eigenvalue weighted by atomic mass is 16.5. The minimum atomic E-state index is -0.395. The summed E-state index contributed by atoms with van der Waals surface area (Å²) in [6, 6.07) is 0. The van der Waals surface area contributed by atoms with Crippen molar-refractivity contribution >= 4 is 5.97 Å². The molecule has 0 saturated heterocycles. The zero-order valence-corrected chi connectivity index (χ0v) is 11.0. The molecule has 0 aromatic carbocycles. The molecular weight excluding hydrogens is 232 g/mol. The first-order chi connectivity index (χ1) is 8.72. The topological polar surface area (TPSA) is 64.2 Å². The Kier molecular flexibility index (Phi) is 4.01. The predicted octanol–water partition coefficient (Wildman–Crippen LogP) is 2.39. The summed E-state index contributed by atoms with van der Waals surface area (Å²) in [7, 11) is 3.08. The maximum atomic E-state index is 11.4. The van der Waals surface area contributed by atoms with Crippen LogP contribution >= 0.6 is 0 Å². The molecule has 18 heavy (non-hydrogen) atoms. The van der Waals surface area contributed by atoms with Gasteiger partial charge < -0.3 is 14.5 Å². The smallest absolute Gasteiger partial charge is 0.356 e. The van der Waals surface area contributed by atoms with Gasteiger partial charge >= 0.3 is 5.97 Å². The third-order valence-electron chi connectivity index (χ3n) is 3.71. The van der Waals surface area contributed by atoms with Crippen LogP contribution in [-0.2, 0) is 15.1 Å². The van der Waals surface area contributed by atoms with Crippen molar-refractivity contribution in [2.45, 2.75) is 44.1 Å². The number of H-pyrrole nitrogens is 1. The summed E-state index contributed by atoms with van der Waals surface area (Å²) in [5, 5.41) is 0. The van der Waals surface area contributed by atoms with Crippen molar-refractivity contribution in [2.24, 2.45) is 0 Å². The predicted molar refractivity (Wildman–Crippen MR) is 66.3 cm³/mol. The Labute approximate surface area is 107 Å². The molecule has 1 N–H and O–H groups in total. The molecule has 0 unspecified atom stereocenters. The molecule has 0 bridgehead atoms. The number of ether oxygens (including phenoxy) is 2. The molecule has 1 fully saturated rings. The van der Waals surface area contributed by atoms with Gasteiger partial charge in [-0.3, -0.25) is 0 Å². The van der Waals surface area contributed by atoms with Gasteiger partial charge in [0.1, 0.15) is 17.1 Å². The number of rotatable bonds is 3. The fraction of sp³-hybridized carbons (Fsp3) is 0.692. The van der Waals surface area contributed by atoms with Gasteiger partial charge in [0.25, 0.3) is 0 Å². The Hall–Kier alpha value is -1.36. The number of hydrogen-bond acceptors (Lipinski definition) is 4. The van der Waals surface area contributed by atoms with Crippen LogP contribution in [0.25, 0.3) is 0 Å². The number of aromatic nitrogens is 2. The van der Waals surface area contributed by atoms with Crippen molar-refractivity contribution in [1.29, 1.82) is 0 Å². The van der Waals surface area contributed by atoms with E-state index < -0.39 is 5.97 Å². The summed E-state index contributed by atoms with van der Waals surface area (Å²) in [5.41, 5.74) is 0.0103. The lowest BCUT2D eigenvalue weighted by molar-refractivity contribution is -0.0345.